The molecule has 7 rings (SSSR count). The van der Waals surface area contributed by atoms with Crippen molar-refractivity contribution in [1.29, 1.82) is 0 Å². The molecule has 13 heteroatoms. The van der Waals surface area contributed by atoms with Crippen molar-refractivity contribution in [2.75, 3.05) is 18.4 Å². The number of amides is 1. The van der Waals surface area contributed by atoms with E-state index in [0.29, 0.717) is 53.5 Å². The monoisotopic (exact) mass is 666 g/mol. The summed E-state index contributed by atoms with van der Waals surface area (Å²) in [6, 6.07) is 15.1. The largest absolute Gasteiger partial charge is 0.363 e. The quantitative estimate of drug-likeness (QED) is 0.206. The van der Waals surface area contributed by atoms with E-state index in [1.54, 1.807) is 66.3 Å². The first-order valence-electron chi connectivity index (χ1n) is 16.4. The predicted molar refractivity (Wildman–Crippen MR) is 179 cm³/mol. The summed E-state index contributed by atoms with van der Waals surface area (Å²) in [6.07, 6.45) is 3.42. The van der Waals surface area contributed by atoms with Gasteiger partial charge >= 0.3 is 5.97 Å². The average molecular weight is 667 g/mol. The third-order valence-corrected chi connectivity index (χ3v) is 9.22. The summed E-state index contributed by atoms with van der Waals surface area (Å²) >= 11 is 0. The lowest BCUT2D eigenvalue weighted by Crippen LogP contribution is -2.42. The number of imidazole rings is 1. The van der Waals surface area contributed by atoms with E-state index in [4.69, 9.17) is 4.84 Å². The Bertz CT molecular complexity index is 2070. The lowest BCUT2D eigenvalue weighted by Gasteiger charge is -2.27. The first-order valence-corrected chi connectivity index (χ1v) is 16.4. The number of hydroxylamine groups is 2. The van der Waals surface area contributed by atoms with Gasteiger partial charge in [-0.05, 0) is 83.4 Å². The summed E-state index contributed by atoms with van der Waals surface area (Å²) in [4.78, 5) is 51.5. The Morgan fingerprint density at radius 2 is 1.71 bits per heavy atom. The molecule has 2 aromatic carbocycles. The molecule has 252 valence electrons. The predicted octanol–water partition coefficient (Wildman–Crippen LogP) is 6.56. The topological polar surface area (TPSA) is 118 Å². The van der Waals surface area contributed by atoms with Gasteiger partial charge in [-0.2, -0.15) is 0 Å². The van der Waals surface area contributed by atoms with Gasteiger partial charge in [0.25, 0.3) is 5.91 Å². The Kier molecular flexibility index (Phi) is 8.53. The molecule has 3 aromatic heterocycles. The van der Waals surface area contributed by atoms with Gasteiger partial charge in [-0.25, -0.2) is 33.5 Å². The van der Waals surface area contributed by atoms with E-state index >= 15 is 8.78 Å². The maximum Gasteiger partial charge on any atom is 0.357 e. The van der Waals surface area contributed by atoms with Gasteiger partial charge in [0.2, 0.25) is 5.95 Å². The number of halogens is 2. The van der Waals surface area contributed by atoms with Crippen molar-refractivity contribution in [2.24, 2.45) is 0 Å². The number of fused-ring (bicyclic) bond motifs is 3. The molecule has 2 saturated heterocycles. The fourth-order valence-corrected chi connectivity index (χ4v) is 6.92. The lowest BCUT2D eigenvalue weighted by molar-refractivity contribution is -0.140. The molecular formula is C36H36F2N8O3. The van der Waals surface area contributed by atoms with Crippen LogP contribution in [-0.4, -0.2) is 71.5 Å². The fourth-order valence-electron chi connectivity index (χ4n) is 6.92. The number of aromatic nitrogens is 5. The number of carbonyl (C=O) groups is 2. The minimum Gasteiger partial charge on any atom is -0.363 e. The van der Waals surface area contributed by atoms with Crippen molar-refractivity contribution >= 4 is 34.7 Å². The summed E-state index contributed by atoms with van der Waals surface area (Å²) in [6.45, 7) is 8.43. The number of hydrogen-bond acceptors (Lipinski definition) is 9. The van der Waals surface area contributed by atoms with Crippen LogP contribution in [0.2, 0.25) is 0 Å². The second-order valence-electron chi connectivity index (χ2n) is 12.8. The maximum absolute atomic E-state index is 15.1. The third-order valence-electron chi connectivity index (χ3n) is 9.22. The van der Waals surface area contributed by atoms with Gasteiger partial charge in [-0.1, -0.05) is 18.2 Å². The van der Waals surface area contributed by atoms with Crippen LogP contribution in [0.4, 0.5) is 20.5 Å². The molecule has 2 atom stereocenters. The first-order chi connectivity index (χ1) is 23.6. The second-order valence-corrected chi connectivity index (χ2v) is 12.8. The van der Waals surface area contributed by atoms with Gasteiger partial charge in [0, 0.05) is 30.7 Å². The van der Waals surface area contributed by atoms with E-state index in [0.717, 1.165) is 19.0 Å². The van der Waals surface area contributed by atoms with E-state index in [1.807, 2.05) is 24.5 Å². The summed E-state index contributed by atoms with van der Waals surface area (Å²) < 4.78 is 32.1. The minimum atomic E-state index is -0.707. The van der Waals surface area contributed by atoms with E-state index in [-0.39, 0.29) is 46.8 Å². The number of hydrogen-bond donors (Lipinski definition) is 1. The normalized spacial score (nSPS) is 17.8. The average Bonchev–Trinajstić information content (AvgIpc) is 3.56. The molecule has 2 unspecified atom stereocenters. The highest BCUT2D eigenvalue weighted by Crippen LogP contribution is 2.33. The number of pyridine rings is 1. The zero-order valence-corrected chi connectivity index (χ0v) is 27.7. The Morgan fingerprint density at radius 3 is 2.47 bits per heavy atom. The van der Waals surface area contributed by atoms with Crippen molar-refractivity contribution in [1.82, 2.24) is 34.5 Å². The maximum atomic E-state index is 15.1. The van der Waals surface area contributed by atoms with Crippen LogP contribution in [0.15, 0.2) is 60.8 Å². The van der Waals surface area contributed by atoms with Crippen LogP contribution in [0.5, 0.6) is 0 Å². The molecule has 1 amide bonds. The summed E-state index contributed by atoms with van der Waals surface area (Å²) in [5.74, 6) is -0.767. The molecule has 49 heavy (non-hydrogen) atoms. The van der Waals surface area contributed by atoms with Crippen LogP contribution in [-0.2, 0) is 4.84 Å². The third kappa shape index (κ3) is 6.21. The van der Waals surface area contributed by atoms with E-state index in [1.165, 1.54) is 6.07 Å². The van der Waals surface area contributed by atoms with Crippen LogP contribution in [0.1, 0.15) is 71.4 Å². The smallest absolute Gasteiger partial charge is 0.357 e. The van der Waals surface area contributed by atoms with Crippen molar-refractivity contribution < 1.29 is 23.2 Å². The van der Waals surface area contributed by atoms with Gasteiger partial charge in [-0.3, -0.25) is 4.79 Å². The highest BCUT2D eigenvalue weighted by Gasteiger charge is 2.41. The van der Waals surface area contributed by atoms with E-state index in [2.05, 4.69) is 25.3 Å². The number of benzene rings is 2. The molecule has 5 aromatic rings. The number of nitrogens with one attached hydrogen (secondary N) is 1. The van der Waals surface area contributed by atoms with Crippen LogP contribution < -0.4 is 5.32 Å². The van der Waals surface area contributed by atoms with Crippen LogP contribution >= 0.6 is 0 Å². The van der Waals surface area contributed by atoms with Gasteiger partial charge in [0.05, 0.1) is 34.6 Å². The van der Waals surface area contributed by atoms with Gasteiger partial charge in [0.1, 0.15) is 22.9 Å². The minimum absolute atomic E-state index is 0.0186. The van der Waals surface area contributed by atoms with Crippen molar-refractivity contribution in [3.8, 4) is 11.3 Å². The van der Waals surface area contributed by atoms with E-state index in [9.17, 15) is 9.59 Å². The number of rotatable bonds is 7. The van der Waals surface area contributed by atoms with Gasteiger partial charge in [0.15, 0.2) is 11.6 Å². The number of aryl methyl sites for hydroxylation is 2. The van der Waals surface area contributed by atoms with Crippen molar-refractivity contribution in [3.05, 3.63) is 95.1 Å². The van der Waals surface area contributed by atoms with Gasteiger partial charge < -0.3 is 19.6 Å². The zero-order chi connectivity index (χ0) is 34.4. The summed E-state index contributed by atoms with van der Waals surface area (Å²) in [7, 11) is 0. The Morgan fingerprint density at radius 1 is 0.939 bits per heavy atom. The number of likely N-dealkylation sites (tertiary alicyclic amines) is 1. The molecule has 5 heterocycles. The summed E-state index contributed by atoms with van der Waals surface area (Å²) in [5.41, 5.74) is 2.35. The first kappa shape index (κ1) is 32.3. The molecule has 2 fully saturated rings. The van der Waals surface area contributed by atoms with Crippen molar-refractivity contribution in [3.63, 3.8) is 0 Å². The molecule has 2 aliphatic heterocycles. The highest BCUT2D eigenvalue weighted by molar-refractivity contribution is 5.95. The molecule has 0 radical (unpaired) electrons. The second kappa shape index (κ2) is 13.0. The molecule has 0 saturated carbocycles. The Balaban J connectivity index is 1.07. The summed E-state index contributed by atoms with van der Waals surface area (Å²) in [5, 5.41) is 4.77. The molecule has 0 spiro atoms. The Hall–Kier alpha value is -5.30. The Labute approximate surface area is 281 Å². The molecular weight excluding hydrogens is 630 g/mol. The SMILES string of the molecule is Cc1nc(Nc2ncc(F)c(-c3cc(F)c4nc(C)n(C(C)C)c4c3)n2)ccc1C(=O)N1CCC2CCC(C1)N2OC(=O)c1ccccc1. The fraction of sp³-hybridized carbons (Fsp3) is 0.333. The highest BCUT2D eigenvalue weighted by atomic mass is 19.1. The molecule has 2 bridgehead atoms. The standard InChI is InChI=1S/C36H36F2N8O3/c1-20(2)45-22(4)41-33-28(37)16-24(17-30(33)45)32-29(38)18-39-36(43-32)42-31-13-12-27(21(3)40-31)34(47)44-15-14-25-10-11-26(19-44)46(25)49-35(48)23-8-6-5-7-9-23/h5-9,12-13,16-18,20,25-26H,10-11,14-15,19H2,1-4H3,(H,39,40,42,43). The number of carbonyl (C=O) groups excluding carboxylic acids is 2. The van der Waals surface area contributed by atoms with Crippen LogP contribution in [0.3, 0.4) is 0 Å². The van der Waals surface area contributed by atoms with Crippen LogP contribution in [0, 0.1) is 25.5 Å². The molecule has 1 N–H and O–H groups in total. The molecule has 2 aliphatic rings. The van der Waals surface area contributed by atoms with Crippen LogP contribution in [0.25, 0.3) is 22.3 Å². The van der Waals surface area contributed by atoms with E-state index < -0.39 is 17.6 Å². The number of nitrogens with zero attached hydrogens (tertiary/aromatic N) is 7. The lowest BCUT2D eigenvalue weighted by atomic mass is 10.1. The zero-order valence-electron chi connectivity index (χ0n) is 27.7. The molecule has 0 aliphatic carbocycles. The van der Waals surface area contributed by atoms with Crippen molar-refractivity contribution in [2.45, 2.75) is 65.1 Å². The number of anilines is 2. The van der Waals surface area contributed by atoms with Gasteiger partial charge in [-0.15, -0.1) is 5.06 Å². The molecule has 11 nitrogen and oxygen atoms in total.